The summed E-state index contributed by atoms with van der Waals surface area (Å²) in [5.74, 6) is 0.425. The number of hydrogen-bond acceptors (Lipinski definition) is 2. The molecule has 1 atom stereocenters. The average Bonchev–Trinajstić information content (AvgIpc) is 2.31. The molecule has 1 aliphatic rings. The summed E-state index contributed by atoms with van der Waals surface area (Å²) in [7, 11) is 0. The highest BCUT2D eigenvalue weighted by Crippen LogP contribution is 2.28. The minimum Gasteiger partial charge on any atom is -0.390 e. The third kappa shape index (κ3) is 3.98. The van der Waals surface area contributed by atoms with Gasteiger partial charge in [-0.2, -0.15) is 0 Å². The summed E-state index contributed by atoms with van der Waals surface area (Å²) >= 11 is 0. The molecule has 3 heteroatoms. The SMILES string of the molecule is CC(O)(Cc1ccccc1)C1CCNCC1.Cl. The molecule has 0 saturated carbocycles. The van der Waals surface area contributed by atoms with Gasteiger partial charge in [-0.25, -0.2) is 0 Å². The highest BCUT2D eigenvalue weighted by Gasteiger charge is 2.32. The highest BCUT2D eigenvalue weighted by molar-refractivity contribution is 5.85. The molecule has 0 aromatic heterocycles. The lowest BCUT2D eigenvalue weighted by Crippen LogP contribution is -2.43. The quantitative estimate of drug-likeness (QED) is 0.870. The van der Waals surface area contributed by atoms with Gasteiger partial charge in [-0.15, -0.1) is 12.4 Å². The van der Waals surface area contributed by atoms with E-state index in [-0.39, 0.29) is 12.4 Å². The molecule has 2 nitrogen and oxygen atoms in total. The van der Waals surface area contributed by atoms with Gasteiger partial charge in [0.05, 0.1) is 5.60 Å². The second-order valence-electron chi connectivity index (χ2n) is 5.04. The Morgan fingerprint density at radius 1 is 1.24 bits per heavy atom. The van der Waals surface area contributed by atoms with Crippen LogP contribution in [0.4, 0.5) is 0 Å². The first kappa shape index (κ1) is 14.5. The minimum absolute atomic E-state index is 0. The predicted octanol–water partition coefficient (Wildman–Crippen LogP) is 2.40. The van der Waals surface area contributed by atoms with Crippen LogP contribution in [0, 0.1) is 5.92 Å². The van der Waals surface area contributed by atoms with E-state index in [1.54, 1.807) is 0 Å². The topological polar surface area (TPSA) is 32.3 Å². The number of halogens is 1. The van der Waals surface area contributed by atoms with Gasteiger partial charge < -0.3 is 10.4 Å². The van der Waals surface area contributed by atoms with Crippen molar-refractivity contribution >= 4 is 12.4 Å². The molecule has 0 spiro atoms. The van der Waals surface area contributed by atoms with Crippen LogP contribution < -0.4 is 5.32 Å². The van der Waals surface area contributed by atoms with E-state index in [1.165, 1.54) is 5.56 Å². The second-order valence-corrected chi connectivity index (χ2v) is 5.04. The van der Waals surface area contributed by atoms with Crippen molar-refractivity contribution < 1.29 is 5.11 Å². The monoisotopic (exact) mass is 255 g/mol. The maximum atomic E-state index is 10.6. The minimum atomic E-state index is -0.566. The Balaban J connectivity index is 0.00000144. The summed E-state index contributed by atoms with van der Waals surface area (Å²) in [4.78, 5) is 0. The van der Waals surface area contributed by atoms with Gasteiger partial charge in [-0.3, -0.25) is 0 Å². The van der Waals surface area contributed by atoms with Crippen molar-refractivity contribution in [2.75, 3.05) is 13.1 Å². The fourth-order valence-electron chi connectivity index (χ4n) is 2.60. The predicted molar refractivity (Wildman–Crippen MR) is 73.6 cm³/mol. The summed E-state index contributed by atoms with van der Waals surface area (Å²) in [5.41, 5.74) is 0.662. The zero-order valence-electron chi connectivity index (χ0n) is 10.4. The van der Waals surface area contributed by atoms with Crippen molar-refractivity contribution in [3.63, 3.8) is 0 Å². The molecule has 0 bridgehead atoms. The molecule has 1 fully saturated rings. The van der Waals surface area contributed by atoms with Gasteiger partial charge in [0.2, 0.25) is 0 Å². The van der Waals surface area contributed by atoms with Crippen molar-refractivity contribution in [1.82, 2.24) is 5.32 Å². The number of aliphatic hydroxyl groups is 1. The van der Waals surface area contributed by atoms with Crippen LogP contribution in [0.3, 0.4) is 0 Å². The lowest BCUT2D eigenvalue weighted by atomic mass is 9.78. The molecule has 0 aliphatic carbocycles. The molecule has 2 N–H and O–H groups in total. The summed E-state index contributed by atoms with van der Waals surface area (Å²) in [6.45, 7) is 4.06. The Hall–Kier alpha value is -0.570. The first-order valence-corrected chi connectivity index (χ1v) is 6.15. The first-order valence-electron chi connectivity index (χ1n) is 6.15. The Morgan fingerprint density at radius 2 is 1.82 bits per heavy atom. The van der Waals surface area contributed by atoms with Crippen LogP contribution >= 0.6 is 12.4 Å². The molecular weight excluding hydrogens is 234 g/mol. The third-order valence-corrected chi connectivity index (χ3v) is 3.62. The van der Waals surface area contributed by atoms with E-state index in [0.717, 1.165) is 32.4 Å². The number of hydrogen-bond donors (Lipinski definition) is 2. The van der Waals surface area contributed by atoms with Gasteiger partial charge in [0, 0.05) is 6.42 Å². The van der Waals surface area contributed by atoms with Crippen LogP contribution in [0.25, 0.3) is 0 Å². The van der Waals surface area contributed by atoms with Gasteiger partial charge in [0.15, 0.2) is 0 Å². The van der Waals surface area contributed by atoms with E-state index in [0.29, 0.717) is 5.92 Å². The molecule has 1 aromatic carbocycles. The van der Waals surface area contributed by atoms with E-state index in [4.69, 9.17) is 0 Å². The van der Waals surface area contributed by atoms with E-state index < -0.39 is 5.60 Å². The zero-order valence-corrected chi connectivity index (χ0v) is 11.2. The number of nitrogens with one attached hydrogen (secondary N) is 1. The molecule has 2 rings (SSSR count). The molecular formula is C14H22ClNO. The van der Waals surface area contributed by atoms with Crippen molar-refractivity contribution in [3.8, 4) is 0 Å². The molecule has 1 saturated heterocycles. The van der Waals surface area contributed by atoms with Crippen LogP contribution in [-0.4, -0.2) is 23.8 Å². The molecule has 0 amide bonds. The van der Waals surface area contributed by atoms with Crippen LogP contribution in [0.1, 0.15) is 25.3 Å². The Kier molecular flexibility index (Phi) is 5.44. The van der Waals surface area contributed by atoms with Crippen molar-refractivity contribution in [3.05, 3.63) is 35.9 Å². The largest absolute Gasteiger partial charge is 0.390 e. The zero-order chi connectivity index (χ0) is 11.4. The molecule has 1 aliphatic heterocycles. The standard InChI is InChI=1S/C14H21NO.ClH/c1-14(16,13-7-9-15-10-8-13)11-12-5-3-2-4-6-12;/h2-6,13,15-16H,7-11H2,1H3;1H. The van der Waals surface area contributed by atoms with Crippen LogP contribution in [0.2, 0.25) is 0 Å². The first-order chi connectivity index (χ1) is 7.68. The van der Waals surface area contributed by atoms with E-state index in [2.05, 4.69) is 17.4 Å². The Bertz CT molecular complexity index is 320. The lowest BCUT2D eigenvalue weighted by molar-refractivity contribution is -0.0131. The molecule has 1 unspecified atom stereocenters. The molecule has 17 heavy (non-hydrogen) atoms. The van der Waals surface area contributed by atoms with E-state index in [9.17, 15) is 5.11 Å². The lowest BCUT2D eigenvalue weighted by Gasteiger charge is -2.36. The Labute approximate surface area is 110 Å². The van der Waals surface area contributed by atoms with E-state index >= 15 is 0 Å². The number of rotatable bonds is 3. The summed E-state index contributed by atoms with van der Waals surface area (Å²) in [5, 5.41) is 13.9. The molecule has 0 radical (unpaired) electrons. The molecule has 1 aromatic rings. The average molecular weight is 256 g/mol. The van der Waals surface area contributed by atoms with Crippen LogP contribution in [-0.2, 0) is 6.42 Å². The van der Waals surface area contributed by atoms with Crippen molar-refractivity contribution in [1.29, 1.82) is 0 Å². The van der Waals surface area contributed by atoms with Crippen molar-refractivity contribution in [2.45, 2.75) is 31.8 Å². The fraction of sp³-hybridized carbons (Fsp3) is 0.571. The molecule has 1 heterocycles. The fourth-order valence-corrected chi connectivity index (χ4v) is 2.60. The maximum absolute atomic E-state index is 10.6. The van der Waals surface area contributed by atoms with Crippen LogP contribution in [0.15, 0.2) is 30.3 Å². The number of benzene rings is 1. The van der Waals surface area contributed by atoms with Gasteiger partial charge >= 0.3 is 0 Å². The van der Waals surface area contributed by atoms with Gasteiger partial charge in [-0.1, -0.05) is 30.3 Å². The summed E-state index contributed by atoms with van der Waals surface area (Å²) in [6.07, 6.45) is 2.93. The molecule has 96 valence electrons. The van der Waals surface area contributed by atoms with E-state index in [1.807, 2.05) is 25.1 Å². The van der Waals surface area contributed by atoms with Gasteiger partial charge in [0.1, 0.15) is 0 Å². The Morgan fingerprint density at radius 3 is 2.41 bits per heavy atom. The van der Waals surface area contributed by atoms with Gasteiger partial charge in [-0.05, 0) is 44.3 Å². The van der Waals surface area contributed by atoms with Crippen molar-refractivity contribution in [2.24, 2.45) is 5.92 Å². The highest BCUT2D eigenvalue weighted by atomic mass is 35.5. The maximum Gasteiger partial charge on any atom is 0.0688 e. The van der Waals surface area contributed by atoms with Gasteiger partial charge in [0.25, 0.3) is 0 Å². The smallest absolute Gasteiger partial charge is 0.0688 e. The summed E-state index contributed by atoms with van der Waals surface area (Å²) in [6, 6.07) is 10.3. The third-order valence-electron chi connectivity index (χ3n) is 3.62. The second kappa shape index (κ2) is 6.39. The normalized spacial score (nSPS) is 20.4. The van der Waals surface area contributed by atoms with Crippen LogP contribution in [0.5, 0.6) is 0 Å². The number of piperidine rings is 1. The summed E-state index contributed by atoms with van der Waals surface area (Å²) < 4.78 is 0.